The molecule has 8 heteroatoms. The monoisotopic (exact) mass is 540 g/mol. The van der Waals surface area contributed by atoms with E-state index in [-0.39, 0.29) is 5.82 Å². The number of pyridine rings is 1. The average molecular weight is 541 g/mol. The van der Waals surface area contributed by atoms with Crippen molar-refractivity contribution in [1.29, 1.82) is 5.26 Å². The molecule has 0 radical (unpaired) electrons. The van der Waals surface area contributed by atoms with Gasteiger partial charge in [0.1, 0.15) is 18.7 Å². The van der Waals surface area contributed by atoms with Gasteiger partial charge in [0.2, 0.25) is 0 Å². The van der Waals surface area contributed by atoms with E-state index in [0.717, 1.165) is 58.2 Å². The molecule has 2 aromatic carbocycles. The van der Waals surface area contributed by atoms with Crippen LogP contribution in [0.5, 0.6) is 0 Å². The van der Waals surface area contributed by atoms with Crippen molar-refractivity contribution in [3.8, 4) is 17.3 Å². The highest BCUT2D eigenvalue weighted by Gasteiger charge is 2.28. The van der Waals surface area contributed by atoms with Crippen LogP contribution in [0.4, 0.5) is 10.1 Å². The molecule has 0 saturated heterocycles. The van der Waals surface area contributed by atoms with Crippen LogP contribution in [0.2, 0.25) is 0 Å². The van der Waals surface area contributed by atoms with Gasteiger partial charge in [-0.2, -0.15) is 5.26 Å². The summed E-state index contributed by atoms with van der Waals surface area (Å²) in [5.74, 6) is 6.22. The summed E-state index contributed by atoms with van der Waals surface area (Å²) < 4.78 is 16.4. The average Bonchev–Trinajstić information content (AvgIpc) is 3.78. The largest absolute Gasteiger partial charge is 0.336 e. The fourth-order valence-electron chi connectivity index (χ4n) is 5.19. The van der Waals surface area contributed by atoms with Crippen molar-refractivity contribution >= 4 is 23.4 Å². The third-order valence-corrected chi connectivity index (χ3v) is 7.94. The van der Waals surface area contributed by atoms with Gasteiger partial charge < -0.3 is 20.1 Å². The molecule has 6 rings (SSSR count). The van der Waals surface area contributed by atoms with Crippen molar-refractivity contribution in [2.75, 3.05) is 12.5 Å². The molecule has 2 aromatic heterocycles. The topological polar surface area (TPSA) is 109 Å². The number of nitriles is 1. The number of carbonyl (C=O) groups excluding carboxylic acids is 1. The van der Waals surface area contributed by atoms with Crippen molar-refractivity contribution in [2.45, 2.75) is 57.5 Å². The first kappa shape index (κ1) is 28.9. The van der Waals surface area contributed by atoms with E-state index in [1.165, 1.54) is 25.3 Å². The number of hydrazine groups is 1. The number of nitrogens with two attached hydrogens (primary N) is 1. The van der Waals surface area contributed by atoms with Gasteiger partial charge in [0.05, 0.1) is 22.5 Å². The first-order valence-electron chi connectivity index (χ1n) is 13.7. The number of hydrogen-bond acceptors (Lipinski definition) is 6. The number of nitrogens with one attached hydrogen (secondary N) is 2. The molecule has 2 saturated carbocycles. The minimum Gasteiger partial charge on any atom is -0.336 e. The Morgan fingerprint density at radius 2 is 1.88 bits per heavy atom. The molecule has 2 heterocycles. The molecule has 2 fully saturated rings. The smallest absolute Gasteiger partial charge is 0.145 e. The molecule has 7 nitrogen and oxygen atoms in total. The Bertz CT molecular complexity index is 1470. The number of anilines is 1. The van der Waals surface area contributed by atoms with Crippen molar-refractivity contribution in [3.05, 3.63) is 83.4 Å². The number of carbonyl (C=O) groups is 1. The van der Waals surface area contributed by atoms with Crippen LogP contribution in [0.15, 0.2) is 60.8 Å². The molecule has 0 unspecified atom stereocenters. The van der Waals surface area contributed by atoms with Gasteiger partial charge in [-0.1, -0.05) is 24.3 Å². The second-order valence-electron chi connectivity index (χ2n) is 10.4. The zero-order valence-corrected chi connectivity index (χ0v) is 23.2. The van der Waals surface area contributed by atoms with Crippen molar-refractivity contribution in [2.24, 2.45) is 11.8 Å². The maximum absolute atomic E-state index is 14.1. The Balaban J connectivity index is 0.000000355. The highest BCUT2D eigenvalue weighted by Crippen LogP contribution is 2.43. The van der Waals surface area contributed by atoms with Gasteiger partial charge in [-0.05, 0) is 93.5 Å². The lowest BCUT2D eigenvalue weighted by atomic mass is 9.92. The van der Waals surface area contributed by atoms with Crippen molar-refractivity contribution in [1.82, 2.24) is 14.9 Å². The Hall–Kier alpha value is -4.06. The fraction of sp³-hybridized carbons (Fsp3) is 0.344. The number of nitrogen functional groups attached to an aromatic ring is 1. The molecule has 0 bridgehead atoms. The molecule has 4 N–H and O–H groups in total. The summed E-state index contributed by atoms with van der Waals surface area (Å²) in [4.78, 5) is 12.2. The first-order chi connectivity index (χ1) is 19.5. The molecule has 0 spiro atoms. The van der Waals surface area contributed by atoms with Crippen LogP contribution in [-0.2, 0) is 11.2 Å². The van der Waals surface area contributed by atoms with E-state index in [2.05, 4.69) is 39.4 Å². The van der Waals surface area contributed by atoms with E-state index in [9.17, 15) is 9.65 Å². The van der Waals surface area contributed by atoms with Crippen LogP contribution in [-0.4, -0.2) is 29.4 Å². The third kappa shape index (κ3) is 6.22. The van der Waals surface area contributed by atoms with Gasteiger partial charge in [-0.25, -0.2) is 4.39 Å². The van der Waals surface area contributed by atoms with Gasteiger partial charge in [-0.15, -0.1) is 0 Å². The Kier molecular flexibility index (Phi) is 9.65. The number of halogens is 1. The Labute approximate surface area is 235 Å². The van der Waals surface area contributed by atoms with E-state index in [1.54, 1.807) is 12.3 Å². The number of hydrogen-bond donors (Lipinski definition) is 3. The maximum Gasteiger partial charge on any atom is 0.145 e. The molecule has 0 amide bonds. The highest BCUT2D eigenvalue weighted by atomic mass is 19.1. The predicted octanol–water partition coefficient (Wildman–Crippen LogP) is 6.13. The predicted molar refractivity (Wildman–Crippen MR) is 158 cm³/mol. The Morgan fingerprint density at radius 1 is 1.15 bits per heavy atom. The minimum atomic E-state index is -0.302. The second kappa shape index (κ2) is 13.3. The lowest BCUT2D eigenvalue weighted by Gasteiger charge is -2.30. The second-order valence-corrected chi connectivity index (χ2v) is 10.4. The third-order valence-electron chi connectivity index (χ3n) is 7.94. The molecule has 208 valence electrons. The van der Waals surface area contributed by atoms with Crippen molar-refractivity contribution in [3.63, 3.8) is 0 Å². The van der Waals surface area contributed by atoms with Crippen molar-refractivity contribution < 1.29 is 9.18 Å². The summed E-state index contributed by atoms with van der Waals surface area (Å²) in [5.41, 5.74) is 8.47. The molecule has 0 aliphatic heterocycles. The molecular formula is C32H37FN6O. The maximum atomic E-state index is 14.1. The summed E-state index contributed by atoms with van der Waals surface area (Å²) in [6.45, 7) is 4.25. The lowest BCUT2D eigenvalue weighted by molar-refractivity contribution is -0.0980. The summed E-state index contributed by atoms with van der Waals surface area (Å²) >= 11 is 0. The summed E-state index contributed by atoms with van der Waals surface area (Å²) in [6.07, 6.45) is 8.27. The van der Waals surface area contributed by atoms with Gasteiger partial charge in [0, 0.05) is 35.8 Å². The van der Waals surface area contributed by atoms with Gasteiger partial charge in [0.15, 0.2) is 0 Å². The fourth-order valence-corrected chi connectivity index (χ4v) is 5.19. The van der Waals surface area contributed by atoms with E-state index >= 15 is 0 Å². The van der Waals surface area contributed by atoms with Crippen LogP contribution in [0.1, 0.15) is 61.9 Å². The van der Waals surface area contributed by atoms with E-state index in [0.29, 0.717) is 23.7 Å². The number of rotatable bonds is 7. The summed E-state index contributed by atoms with van der Waals surface area (Å²) in [7, 11) is 2.03. The normalized spacial score (nSPS) is 15.1. The molecular weight excluding hydrogens is 503 g/mol. The van der Waals surface area contributed by atoms with Crippen LogP contribution < -0.4 is 16.6 Å². The minimum absolute atomic E-state index is 0.302. The van der Waals surface area contributed by atoms with E-state index in [1.807, 2.05) is 50.2 Å². The molecule has 2 aliphatic rings. The van der Waals surface area contributed by atoms with Gasteiger partial charge in [-0.3, -0.25) is 10.8 Å². The standard InChI is InChI=1S/C25H22FN5.C6H13N.CH2O/c26-22-5-2-12-29-23(22)13-16-6-11-20-21(15-27)25(17-7-9-18(30-28)10-8-17)31(24(20)14-16)19-3-1-4-19;1-5(7-2)6-3-4-6;1-2/h2,5-12,14,19,30H,1,3-4,13,28H2;5-7H,3-4H2,1-2H3;1H2/t;5-;/m.0./s1. The van der Waals surface area contributed by atoms with Crippen LogP contribution in [0.3, 0.4) is 0 Å². The van der Waals surface area contributed by atoms with E-state index in [4.69, 9.17) is 10.6 Å². The number of benzene rings is 2. The van der Waals surface area contributed by atoms with Gasteiger partial charge >= 0.3 is 0 Å². The summed E-state index contributed by atoms with van der Waals surface area (Å²) in [5, 5.41) is 14.2. The van der Waals surface area contributed by atoms with E-state index < -0.39 is 0 Å². The molecule has 40 heavy (non-hydrogen) atoms. The van der Waals surface area contributed by atoms with Crippen LogP contribution in [0.25, 0.3) is 22.2 Å². The zero-order valence-electron chi connectivity index (χ0n) is 23.2. The van der Waals surface area contributed by atoms with Crippen LogP contribution in [0, 0.1) is 23.1 Å². The summed E-state index contributed by atoms with van der Waals surface area (Å²) in [6, 6.07) is 20.4. The highest BCUT2D eigenvalue weighted by molar-refractivity contribution is 5.95. The molecule has 2 aliphatic carbocycles. The SMILES string of the molecule is C=O.CN[C@@H](C)C1CC1.N#Cc1c(-c2ccc(NN)cc2)n(C2CCC2)c2cc(Cc3ncccc3F)ccc12. The van der Waals surface area contributed by atoms with Gasteiger partial charge in [0.25, 0.3) is 0 Å². The molecule has 1 atom stereocenters. The van der Waals surface area contributed by atoms with Crippen LogP contribution >= 0.6 is 0 Å². The first-order valence-corrected chi connectivity index (χ1v) is 13.7. The zero-order chi connectivity index (χ0) is 28.6. The number of aromatic nitrogens is 2. The Morgan fingerprint density at radius 3 is 2.40 bits per heavy atom. The molecule has 4 aromatic rings. The quantitative estimate of drug-likeness (QED) is 0.192. The number of nitrogens with zero attached hydrogens (tertiary/aromatic N) is 3. The number of fused-ring (bicyclic) bond motifs is 1. The lowest BCUT2D eigenvalue weighted by Crippen LogP contribution is -2.22.